The zero-order valence-corrected chi connectivity index (χ0v) is 14.8. The molecule has 5 heteroatoms. The van der Waals surface area contributed by atoms with Crippen molar-refractivity contribution in [2.24, 2.45) is 0 Å². The SMILES string of the molecule is CC(C)Oc1ccc(-c2ncsc2CC(Br)Br)cc1. The Kier molecular flexibility index (Phi) is 5.42. The molecule has 2 aromatic rings. The molecule has 0 unspecified atom stereocenters. The Balaban J connectivity index is 2.20. The van der Waals surface area contributed by atoms with Gasteiger partial charge in [0.15, 0.2) is 0 Å². The van der Waals surface area contributed by atoms with Crippen molar-refractivity contribution in [2.75, 3.05) is 0 Å². The largest absolute Gasteiger partial charge is 0.491 e. The highest BCUT2D eigenvalue weighted by molar-refractivity contribution is 9.24. The molecule has 0 aliphatic heterocycles. The van der Waals surface area contributed by atoms with E-state index in [9.17, 15) is 0 Å². The summed E-state index contributed by atoms with van der Waals surface area (Å²) in [5.74, 6) is 0.898. The van der Waals surface area contributed by atoms with Gasteiger partial charge in [-0.2, -0.15) is 0 Å². The minimum absolute atomic E-state index is 0.197. The number of alkyl halides is 2. The van der Waals surface area contributed by atoms with Gasteiger partial charge >= 0.3 is 0 Å². The third-order valence-electron chi connectivity index (χ3n) is 2.48. The van der Waals surface area contributed by atoms with Gasteiger partial charge in [0.05, 0.1) is 21.0 Å². The zero-order chi connectivity index (χ0) is 13.8. The van der Waals surface area contributed by atoms with Crippen LogP contribution in [0.3, 0.4) is 0 Å². The Morgan fingerprint density at radius 3 is 2.47 bits per heavy atom. The molecule has 0 saturated heterocycles. The molecule has 0 atom stereocenters. The summed E-state index contributed by atoms with van der Waals surface area (Å²) in [4.78, 5) is 5.74. The van der Waals surface area contributed by atoms with Crippen LogP contribution >= 0.6 is 43.2 Å². The third kappa shape index (κ3) is 4.29. The number of aromatic nitrogens is 1. The maximum atomic E-state index is 5.65. The molecule has 0 bridgehead atoms. The smallest absolute Gasteiger partial charge is 0.119 e. The number of ether oxygens (including phenoxy) is 1. The van der Waals surface area contributed by atoms with Crippen molar-refractivity contribution in [1.82, 2.24) is 4.98 Å². The van der Waals surface area contributed by atoms with Crippen molar-refractivity contribution in [2.45, 2.75) is 30.1 Å². The predicted octanol–water partition coefficient (Wildman–Crippen LogP) is 5.26. The number of benzene rings is 1. The predicted molar refractivity (Wildman–Crippen MR) is 88.7 cm³/mol. The summed E-state index contributed by atoms with van der Waals surface area (Å²) in [6.07, 6.45) is 1.12. The van der Waals surface area contributed by atoms with E-state index in [0.717, 1.165) is 23.4 Å². The van der Waals surface area contributed by atoms with Gasteiger partial charge in [-0.05, 0) is 38.1 Å². The van der Waals surface area contributed by atoms with E-state index < -0.39 is 0 Å². The van der Waals surface area contributed by atoms with Crippen LogP contribution in [0.25, 0.3) is 11.3 Å². The van der Waals surface area contributed by atoms with Crippen LogP contribution in [0.1, 0.15) is 18.7 Å². The van der Waals surface area contributed by atoms with Crippen molar-refractivity contribution in [1.29, 1.82) is 0 Å². The maximum absolute atomic E-state index is 5.65. The molecule has 2 nitrogen and oxygen atoms in total. The van der Waals surface area contributed by atoms with Crippen molar-refractivity contribution in [3.63, 3.8) is 0 Å². The summed E-state index contributed by atoms with van der Waals surface area (Å²) < 4.78 is 5.93. The van der Waals surface area contributed by atoms with Crippen molar-refractivity contribution >= 4 is 43.2 Å². The minimum atomic E-state index is 0.197. The molecule has 2 rings (SSSR count). The normalized spacial score (nSPS) is 11.3. The molecular formula is C14H15Br2NOS. The van der Waals surface area contributed by atoms with Gasteiger partial charge in [0.1, 0.15) is 5.75 Å². The average Bonchev–Trinajstić information content (AvgIpc) is 2.76. The Morgan fingerprint density at radius 1 is 1.21 bits per heavy atom. The van der Waals surface area contributed by atoms with Gasteiger partial charge in [-0.15, -0.1) is 11.3 Å². The number of nitrogens with zero attached hydrogens (tertiary/aromatic N) is 1. The summed E-state index contributed by atoms with van der Waals surface area (Å²) in [7, 11) is 0. The topological polar surface area (TPSA) is 22.1 Å². The van der Waals surface area contributed by atoms with Crippen LogP contribution in [0.15, 0.2) is 29.8 Å². The highest BCUT2D eigenvalue weighted by atomic mass is 79.9. The molecule has 0 aliphatic carbocycles. The summed E-state index contributed by atoms with van der Waals surface area (Å²) in [6.45, 7) is 4.05. The first-order chi connectivity index (χ1) is 9.06. The van der Waals surface area contributed by atoms with E-state index in [0.29, 0.717) is 0 Å². The standard InChI is InChI=1S/C14H15Br2NOS/c1-9(2)18-11-5-3-10(4-6-11)14-12(7-13(15)16)19-8-17-14/h3-6,8-9,13H,7H2,1-2H3. The zero-order valence-electron chi connectivity index (χ0n) is 10.8. The van der Waals surface area contributed by atoms with Crippen molar-refractivity contribution in [3.8, 4) is 17.0 Å². The van der Waals surface area contributed by atoms with Crippen LogP contribution in [0.5, 0.6) is 5.75 Å². The lowest BCUT2D eigenvalue weighted by Crippen LogP contribution is -2.05. The first-order valence-electron chi connectivity index (χ1n) is 6.04. The maximum Gasteiger partial charge on any atom is 0.119 e. The Bertz CT molecular complexity index is 522. The van der Waals surface area contributed by atoms with Gasteiger partial charge in [-0.3, -0.25) is 0 Å². The molecule has 0 saturated carbocycles. The molecule has 0 radical (unpaired) electrons. The van der Waals surface area contributed by atoms with Gasteiger partial charge in [0.25, 0.3) is 0 Å². The monoisotopic (exact) mass is 403 g/mol. The van der Waals surface area contributed by atoms with Crippen LogP contribution in [0.2, 0.25) is 0 Å². The summed E-state index contributed by atoms with van der Waals surface area (Å²) in [6, 6.07) is 8.12. The van der Waals surface area contributed by atoms with Gasteiger partial charge < -0.3 is 4.74 Å². The fraction of sp³-hybridized carbons (Fsp3) is 0.357. The fourth-order valence-electron chi connectivity index (χ4n) is 1.75. The molecule has 102 valence electrons. The highest BCUT2D eigenvalue weighted by Crippen LogP contribution is 2.30. The Hall–Kier alpha value is -0.390. The van der Waals surface area contributed by atoms with Crippen LogP contribution in [0.4, 0.5) is 0 Å². The molecule has 0 aliphatic rings. The average molecular weight is 405 g/mol. The lowest BCUT2D eigenvalue weighted by atomic mass is 10.1. The second-order valence-corrected chi connectivity index (χ2v) is 8.79. The van der Waals surface area contributed by atoms with Gasteiger partial charge in [0, 0.05) is 16.9 Å². The first-order valence-corrected chi connectivity index (χ1v) is 8.75. The van der Waals surface area contributed by atoms with Gasteiger partial charge in [-0.1, -0.05) is 31.9 Å². The number of rotatable bonds is 5. The molecule has 0 N–H and O–H groups in total. The van der Waals surface area contributed by atoms with E-state index in [-0.39, 0.29) is 9.84 Å². The van der Waals surface area contributed by atoms with E-state index in [1.807, 2.05) is 31.5 Å². The van der Waals surface area contributed by atoms with E-state index in [4.69, 9.17) is 4.74 Å². The molecule has 0 amide bonds. The second-order valence-electron chi connectivity index (χ2n) is 4.41. The lowest BCUT2D eigenvalue weighted by Gasteiger charge is -2.10. The van der Waals surface area contributed by atoms with Crippen LogP contribution in [0, 0.1) is 0 Å². The van der Waals surface area contributed by atoms with Crippen molar-refractivity contribution < 1.29 is 4.74 Å². The molecule has 0 spiro atoms. The van der Waals surface area contributed by atoms with E-state index >= 15 is 0 Å². The van der Waals surface area contributed by atoms with E-state index in [2.05, 4.69) is 49.0 Å². The van der Waals surface area contributed by atoms with Crippen LogP contribution in [-0.2, 0) is 6.42 Å². The molecule has 1 aromatic carbocycles. The molecule has 19 heavy (non-hydrogen) atoms. The third-order valence-corrected chi connectivity index (χ3v) is 3.98. The lowest BCUT2D eigenvalue weighted by molar-refractivity contribution is 0.242. The molecule has 1 heterocycles. The molecular weight excluding hydrogens is 390 g/mol. The van der Waals surface area contributed by atoms with Crippen LogP contribution < -0.4 is 4.74 Å². The summed E-state index contributed by atoms with van der Waals surface area (Å²) in [5.41, 5.74) is 4.09. The minimum Gasteiger partial charge on any atom is -0.491 e. The Morgan fingerprint density at radius 2 is 1.89 bits per heavy atom. The summed E-state index contributed by atoms with van der Waals surface area (Å²) >= 11 is 8.72. The number of thiazole rings is 1. The second kappa shape index (κ2) is 6.86. The highest BCUT2D eigenvalue weighted by Gasteiger charge is 2.11. The van der Waals surface area contributed by atoms with Gasteiger partial charge in [0.2, 0.25) is 0 Å². The fourth-order valence-corrected chi connectivity index (χ4v) is 3.66. The molecule has 1 aromatic heterocycles. The number of hydrogen-bond donors (Lipinski definition) is 0. The Labute approximate surface area is 134 Å². The van der Waals surface area contributed by atoms with E-state index in [1.165, 1.54) is 4.88 Å². The quantitative estimate of drug-likeness (QED) is 0.634. The van der Waals surface area contributed by atoms with Crippen molar-refractivity contribution in [3.05, 3.63) is 34.7 Å². The number of halogens is 2. The molecule has 0 fully saturated rings. The number of hydrogen-bond acceptors (Lipinski definition) is 3. The van der Waals surface area contributed by atoms with Crippen LogP contribution in [-0.4, -0.2) is 14.8 Å². The van der Waals surface area contributed by atoms with E-state index in [1.54, 1.807) is 11.3 Å². The first kappa shape index (κ1) is 15.0. The van der Waals surface area contributed by atoms with Gasteiger partial charge in [-0.25, -0.2) is 4.98 Å². The summed E-state index contributed by atoms with van der Waals surface area (Å²) in [5, 5.41) is 0.